The molecule has 2 aliphatic heterocycles. The van der Waals surface area contributed by atoms with Crippen LogP contribution in [0.15, 0.2) is 24.5 Å². The Hall–Kier alpha value is -1.34. The number of carbonyl (C=O) groups is 1. The van der Waals surface area contributed by atoms with Crippen molar-refractivity contribution in [3.05, 3.63) is 24.5 Å². The molecule has 2 saturated heterocycles. The molecule has 3 rings (SSSR count). The Morgan fingerprint density at radius 3 is 2.40 bits per heavy atom. The maximum absolute atomic E-state index is 12.9. The third kappa shape index (κ3) is 4.26. The fourth-order valence-corrected chi connectivity index (χ4v) is 5.61. The van der Waals surface area contributed by atoms with Crippen LogP contribution in [0.4, 0.5) is 0 Å². The van der Waals surface area contributed by atoms with E-state index in [1.165, 1.54) is 4.31 Å². The highest BCUT2D eigenvalue weighted by Crippen LogP contribution is 2.26. The van der Waals surface area contributed by atoms with Gasteiger partial charge in [0, 0.05) is 44.6 Å². The summed E-state index contributed by atoms with van der Waals surface area (Å²) in [6.07, 6.45) is 8.29. The van der Waals surface area contributed by atoms with E-state index in [0.29, 0.717) is 25.6 Å². The summed E-state index contributed by atoms with van der Waals surface area (Å²) >= 11 is 0. The topological polar surface area (TPSA) is 62.6 Å². The van der Waals surface area contributed by atoms with E-state index in [4.69, 9.17) is 0 Å². The fourth-order valence-electron chi connectivity index (χ4n) is 4.02. The monoisotopic (exact) mass is 367 g/mol. The Bertz CT molecular complexity index is 664. The van der Waals surface area contributed by atoms with Gasteiger partial charge >= 0.3 is 0 Å². The summed E-state index contributed by atoms with van der Waals surface area (Å²) in [5.41, 5.74) is 0. The van der Waals surface area contributed by atoms with Crippen molar-refractivity contribution < 1.29 is 13.2 Å². The molecule has 7 heteroatoms. The zero-order chi connectivity index (χ0) is 17.9. The first-order valence-electron chi connectivity index (χ1n) is 9.40. The predicted molar refractivity (Wildman–Crippen MR) is 97.7 cm³/mol. The maximum atomic E-state index is 12.9. The van der Waals surface area contributed by atoms with Crippen LogP contribution in [-0.2, 0) is 14.8 Å². The number of likely N-dealkylation sites (tertiary alicyclic amines) is 1. The first-order chi connectivity index (χ1) is 12.0. The van der Waals surface area contributed by atoms with Crippen molar-refractivity contribution in [3.8, 4) is 0 Å². The maximum Gasteiger partial charge on any atom is 0.227 e. The van der Waals surface area contributed by atoms with Crippen LogP contribution < -0.4 is 0 Å². The Labute approximate surface area is 150 Å². The lowest BCUT2D eigenvalue weighted by Gasteiger charge is -2.37. The molecule has 3 heterocycles. The van der Waals surface area contributed by atoms with Crippen LogP contribution in [-0.4, -0.2) is 60.0 Å². The van der Waals surface area contributed by atoms with Crippen LogP contribution in [0.2, 0.25) is 0 Å². The van der Waals surface area contributed by atoms with E-state index >= 15 is 0 Å². The highest BCUT2D eigenvalue weighted by molar-refractivity contribution is 7.89. The minimum atomic E-state index is -3.21. The van der Waals surface area contributed by atoms with Crippen LogP contribution in [0.5, 0.6) is 0 Å². The van der Waals surface area contributed by atoms with Crippen molar-refractivity contribution in [1.29, 1.82) is 0 Å². The molecule has 2 aliphatic rings. The molecule has 25 heavy (non-hydrogen) atoms. The lowest BCUT2D eigenvalue weighted by Crippen LogP contribution is -2.49. The van der Waals surface area contributed by atoms with E-state index in [2.05, 4.69) is 17.0 Å². The number of piperidine rings is 2. The molecule has 0 aromatic carbocycles. The zero-order valence-electron chi connectivity index (χ0n) is 15.0. The van der Waals surface area contributed by atoms with Gasteiger partial charge in [-0.3, -0.25) is 4.79 Å². The molecule has 0 N–H and O–H groups in total. The van der Waals surface area contributed by atoms with Crippen molar-refractivity contribution in [2.75, 3.05) is 31.9 Å². The highest BCUT2D eigenvalue weighted by atomic mass is 32.2. The number of amides is 1. The fraction of sp³-hybridized carbons (Fsp3) is 0.722. The van der Waals surface area contributed by atoms with Gasteiger partial charge in [-0.25, -0.2) is 12.7 Å². The molecule has 0 saturated carbocycles. The summed E-state index contributed by atoms with van der Waals surface area (Å²) in [4.78, 5) is 14.8. The van der Waals surface area contributed by atoms with Crippen molar-refractivity contribution >= 4 is 15.9 Å². The van der Waals surface area contributed by atoms with E-state index in [9.17, 15) is 13.2 Å². The van der Waals surface area contributed by atoms with Gasteiger partial charge < -0.3 is 9.47 Å². The van der Waals surface area contributed by atoms with Gasteiger partial charge in [-0.05, 0) is 44.2 Å². The van der Waals surface area contributed by atoms with Crippen LogP contribution in [0.1, 0.15) is 45.1 Å². The second kappa shape index (κ2) is 7.91. The normalized spacial score (nSPS) is 23.7. The first kappa shape index (κ1) is 18.5. The van der Waals surface area contributed by atoms with Gasteiger partial charge in [0.1, 0.15) is 0 Å². The highest BCUT2D eigenvalue weighted by Gasteiger charge is 2.35. The minimum Gasteiger partial charge on any atom is -0.351 e. The Balaban J connectivity index is 1.56. The van der Waals surface area contributed by atoms with E-state index in [0.717, 1.165) is 38.8 Å². The van der Waals surface area contributed by atoms with Crippen molar-refractivity contribution in [1.82, 2.24) is 13.8 Å². The van der Waals surface area contributed by atoms with Gasteiger partial charge in [0.05, 0.1) is 11.7 Å². The lowest BCUT2D eigenvalue weighted by molar-refractivity contribution is -0.138. The van der Waals surface area contributed by atoms with E-state index in [1.807, 2.05) is 24.0 Å². The Morgan fingerprint density at radius 1 is 1.08 bits per heavy atom. The van der Waals surface area contributed by atoms with E-state index < -0.39 is 10.0 Å². The van der Waals surface area contributed by atoms with Gasteiger partial charge in [0.15, 0.2) is 0 Å². The molecule has 0 radical (unpaired) electrons. The van der Waals surface area contributed by atoms with Crippen LogP contribution in [0, 0.1) is 5.92 Å². The smallest absolute Gasteiger partial charge is 0.227 e. The molecule has 6 nitrogen and oxygen atoms in total. The largest absolute Gasteiger partial charge is 0.351 e. The standard InChI is InChI=1S/C18H29N3O3S/c1-2-14-25(23,24)21-11-5-6-16(15-21)18(22)20-12-7-17(8-13-20)19-9-3-4-10-19/h3-4,9-10,16-17H,2,5-8,11-15H2,1H3/t16-/m1/s1. The average molecular weight is 368 g/mol. The number of sulfonamides is 1. The molecule has 0 spiro atoms. The van der Waals surface area contributed by atoms with E-state index in [-0.39, 0.29) is 17.6 Å². The predicted octanol–water partition coefficient (Wildman–Crippen LogP) is 2.10. The third-order valence-corrected chi connectivity index (χ3v) is 7.46. The molecule has 0 bridgehead atoms. The van der Waals surface area contributed by atoms with Crippen molar-refractivity contribution in [3.63, 3.8) is 0 Å². The van der Waals surface area contributed by atoms with Gasteiger partial charge in [0.2, 0.25) is 15.9 Å². The summed E-state index contributed by atoms with van der Waals surface area (Å²) < 4.78 is 28.4. The molecular formula is C18H29N3O3S. The molecule has 0 unspecified atom stereocenters. The number of hydrogen-bond acceptors (Lipinski definition) is 3. The van der Waals surface area contributed by atoms with Crippen LogP contribution in [0.3, 0.4) is 0 Å². The van der Waals surface area contributed by atoms with Gasteiger partial charge in [-0.1, -0.05) is 6.92 Å². The summed E-state index contributed by atoms with van der Waals surface area (Å²) in [5.74, 6) is 0.141. The molecule has 1 amide bonds. The van der Waals surface area contributed by atoms with E-state index in [1.54, 1.807) is 0 Å². The SMILES string of the molecule is CCCS(=O)(=O)N1CCC[C@@H](C(=O)N2CCC(n3cccc3)CC2)C1. The molecule has 1 aromatic heterocycles. The summed E-state index contributed by atoms with van der Waals surface area (Å²) in [6.45, 7) is 4.32. The molecule has 1 atom stereocenters. The molecule has 140 valence electrons. The Kier molecular flexibility index (Phi) is 5.84. The van der Waals surface area contributed by atoms with Crippen molar-refractivity contribution in [2.24, 2.45) is 5.92 Å². The van der Waals surface area contributed by atoms with Crippen molar-refractivity contribution in [2.45, 2.75) is 45.1 Å². The second-order valence-corrected chi connectivity index (χ2v) is 9.29. The summed E-state index contributed by atoms with van der Waals surface area (Å²) in [7, 11) is -3.21. The van der Waals surface area contributed by atoms with Gasteiger partial charge in [0.25, 0.3) is 0 Å². The van der Waals surface area contributed by atoms with Gasteiger partial charge in [-0.2, -0.15) is 0 Å². The number of nitrogens with zero attached hydrogens (tertiary/aromatic N) is 3. The minimum absolute atomic E-state index is 0.141. The first-order valence-corrected chi connectivity index (χ1v) is 11.0. The average Bonchev–Trinajstić information content (AvgIpc) is 3.16. The van der Waals surface area contributed by atoms with Crippen LogP contribution in [0.25, 0.3) is 0 Å². The summed E-state index contributed by atoms with van der Waals surface area (Å²) in [6, 6.07) is 4.53. The number of carbonyl (C=O) groups excluding carboxylic acids is 1. The lowest BCUT2D eigenvalue weighted by atomic mass is 9.96. The molecule has 2 fully saturated rings. The van der Waals surface area contributed by atoms with Gasteiger partial charge in [-0.15, -0.1) is 0 Å². The van der Waals surface area contributed by atoms with Crippen LogP contribution >= 0.6 is 0 Å². The quantitative estimate of drug-likeness (QED) is 0.801. The third-order valence-electron chi connectivity index (χ3n) is 5.41. The number of aromatic nitrogens is 1. The summed E-state index contributed by atoms with van der Waals surface area (Å²) in [5, 5.41) is 0. The Morgan fingerprint density at radius 2 is 1.76 bits per heavy atom. The molecule has 1 aromatic rings. The molecule has 0 aliphatic carbocycles. The number of rotatable bonds is 5. The number of hydrogen-bond donors (Lipinski definition) is 0. The zero-order valence-corrected chi connectivity index (χ0v) is 15.8. The second-order valence-electron chi connectivity index (χ2n) is 7.20. The molecular weight excluding hydrogens is 338 g/mol.